The van der Waals surface area contributed by atoms with E-state index in [1.54, 1.807) is 4.90 Å². The van der Waals surface area contributed by atoms with E-state index < -0.39 is 5.60 Å². The lowest BCUT2D eigenvalue weighted by Crippen LogP contribution is -2.45. The van der Waals surface area contributed by atoms with Crippen LogP contribution in [0.25, 0.3) is 0 Å². The standard InChI is InChI=1S/C32H48N6O4/c1-9-38(24-10-11-37(20-24)31(41)42-32(5,6)7)28-18-25(36-14-12-35(8)13-15-36)17-26(23(28)4)29(39)33-19-27-21(2)16-22(3)34-30(27)40/h16-18,24H,9-15,19-20H2,1-8H3,(H,33,39)(H,34,40). The van der Waals surface area contributed by atoms with Crippen molar-refractivity contribution in [2.24, 2.45) is 0 Å². The van der Waals surface area contributed by atoms with Crippen LogP contribution in [0.4, 0.5) is 16.2 Å². The molecule has 0 aliphatic carbocycles. The van der Waals surface area contributed by atoms with Crippen LogP contribution in [-0.4, -0.2) is 91.3 Å². The smallest absolute Gasteiger partial charge is 0.410 e. The molecule has 1 aromatic carbocycles. The van der Waals surface area contributed by atoms with E-state index in [-0.39, 0.29) is 30.1 Å². The van der Waals surface area contributed by atoms with E-state index in [1.807, 2.05) is 53.7 Å². The minimum Gasteiger partial charge on any atom is -0.444 e. The molecule has 10 heteroatoms. The van der Waals surface area contributed by atoms with Crippen LogP contribution in [0.2, 0.25) is 0 Å². The molecule has 0 saturated carbocycles. The van der Waals surface area contributed by atoms with Crippen LogP contribution >= 0.6 is 0 Å². The predicted octanol–water partition coefficient (Wildman–Crippen LogP) is 3.82. The number of likely N-dealkylation sites (N-methyl/N-ethyl adjacent to an activating group) is 2. The number of amides is 2. The number of nitrogens with zero attached hydrogens (tertiary/aromatic N) is 4. The van der Waals surface area contributed by atoms with Crippen LogP contribution in [0, 0.1) is 20.8 Å². The zero-order valence-electron chi connectivity index (χ0n) is 26.6. The van der Waals surface area contributed by atoms with Gasteiger partial charge < -0.3 is 34.6 Å². The summed E-state index contributed by atoms with van der Waals surface area (Å²) in [4.78, 5) is 50.7. The average Bonchev–Trinajstić information content (AvgIpc) is 3.39. The number of H-pyrrole nitrogens is 1. The zero-order chi connectivity index (χ0) is 30.8. The summed E-state index contributed by atoms with van der Waals surface area (Å²) in [6.07, 6.45) is 0.535. The van der Waals surface area contributed by atoms with Gasteiger partial charge in [-0.15, -0.1) is 0 Å². The molecule has 2 aliphatic heterocycles. The first kappa shape index (κ1) is 31.4. The fourth-order valence-corrected chi connectivity index (χ4v) is 5.94. The number of aromatic nitrogens is 1. The Hall–Kier alpha value is -3.53. The quantitative estimate of drug-likeness (QED) is 0.514. The van der Waals surface area contributed by atoms with Crippen molar-refractivity contribution in [3.8, 4) is 0 Å². The molecule has 4 rings (SSSR count). The van der Waals surface area contributed by atoms with Gasteiger partial charge in [0, 0.05) is 86.6 Å². The summed E-state index contributed by atoms with van der Waals surface area (Å²) < 4.78 is 5.64. The molecule has 0 radical (unpaired) electrons. The Balaban J connectivity index is 1.64. The van der Waals surface area contributed by atoms with Crippen LogP contribution in [0.3, 0.4) is 0 Å². The van der Waals surface area contributed by atoms with Crippen LogP contribution in [-0.2, 0) is 11.3 Å². The Morgan fingerprint density at radius 2 is 1.76 bits per heavy atom. The molecule has 0 bridgehead atoms. The van der Waals surface area contributed by atoms with Gasteiger partial charge in [-0.05, 0) is 91.3 Å². The van der Waals surface area contributed by atoms with Gasteiger partial charge in [0.05, 0.1) is 0 Å². The summed E-state index contributed by atoms with van der Waals surface area (Å²) in [7, 11) is 2.13. The van der Waals surface area contributed by atoms with Gasteiger partial charge in [0.15, 0.2) is 0 Å². The Morgan fingerprint density at radius 3 is 2.38 bits per heavy atom. The van der Waals surface area contributed by atoms with E-state index >= 15 is 0 Å². The SMILES string of the molecule is CCN(c1cc(N2CCN(C)CC2)cc(C(=O)NCc2c(C)cc(C)[nH]c2=O)c1C)C1CCN(C(=O)OC(C)(C)C)C1. The number of carbonyl (C=O) groups is 2. The number of aromatic amines is 1. The van der Waals surface area contributed by atoms with Gasteiger partial charge in [-0.25, -0.2) is 4.79 Å². The molecule has 2 aliphatic rings. The lowest BCUT2D eigenvalue weighted by molar-refractivity contribution is 0.0292. The van der Waals surface area contributed by atoms with E-state index in [9.17, 15) is 14.4 Å². The maximum atomic E-state index is 13.7. The number of benzene rings is 1. The number of aryl methyl sites for hydroxylation is 2. The summed E-state index contributed by atoms with van der Waals surface area (Å²) in [5.74, 6) is -0.207. The number of hydrogen-bond donors (Lipinski definition) is 2. The molecule has 230 valence electrons. The molecule has 1 atom stereocenters. The van der Waals surface area contributed by atoms with Gasteiger partial charge in [-0.2, -0.15) is 0 Å². The normalized spacial score (nSPS) is 17.9. The van der Waals surface area contributed by atoms with Crippen molar-refractivity contribution in [1.82, 2.24) is 20.1 Å². The molecule has 3 heterocycles. The van der Waals surface area contributed by atoms with Crippen molar-refractivity contribution >= 4 is 23.4 Å². The number of hydrogen-bond acceptors (Lipinski definition) is 7. The molecule has 2 aromatic rings. The Labute approximate surface area is 250 Å². The second kappa shape index (κ2) is 12.8. The highest BCUT2D eigenvalue weighted by Crippen LogP contribution is 2.34. The topological polar surface area (TPSA) is 101 Å². The van der Waals surface area contributed by atoms with Gasteiger partial charge in [0.25, 0.3) is 11.5 Å². The average molecular weight is 581 g/mol. The minimum absolute atomic E-state index is 0.105. The summed E-state index contributed by atoms with van der Waals surface area (Å²) in [5, 5.41) is 3.02. The first-order chi connectivity index (χ1) is 19.8. The second-order valence-electron chi connectivity index (χ2n) is 12.7. The number of anilines is 2. The van der Waals surface area contributed by atoms with Crippen molar-refractivity contribution in [2.45, 2.75) is 73.1 Å². The summed E-state index contributed by atoms with van der Waals surface area (Å²) in [6.45, 7) is 19.2. The van der Waals surface area contributed by atoms with Gasteiger partial charge in [-0.1, -0.05) is 0 Å². The summed E-state index contributed by atoms with van der Waals surface area (Å²) in [6, 6.07) is 6.21. The van der Waals surface area contributed by atoms with Crippen LogP contribution < -0.4 is 20.7 Å². The Bertz CT molecular complexity index is 1360. The number of rotatable bonds is 7. The second-order valence-corrected chi connectivity index (χ2v) is 12.7. The van der Waals surface area contributed by atoms with Crippen LogP contribution in [0.15, 0.2) is 23.0 Å². The van der Waals surface area contributed by atoms with Crippen molar-refractivity contribution in [2.75, 3.05) is 62.7 Å². The van der Waals surface area contributed by atoms with Crippen LogP contribution in [0.5, 0.6) is 0 Å². The van der Waals surface area contributed by atoms with Crippen LogP contribution in [0.1, 0.15) is 66.9 Å². The predicted molar refractivity (Wildman–Crippen MR) is 168 cm³/mol. The fourth-order valence-electron chi connectivity index (χ4n) is 5.94. The van der Waals surface area contributed by atoms with Gasteiger partial charge in [0.2, 0.25) is 0 Å². The van der Waals surface area contributed by atoms with E-state index in [4.69, 9.17) is 4.74 Å². The molecule has 0 spiro atoms. The molecule has 2 saturated heterocycles. The van der Waals surface area contributed by atoms with Crippen molar-refractivity contribution in [3.63, 3.8) is 0 Å². The fraction of sp³-hybridized carbons (Fsp3) is 0.594. The maximum Gasteiger partial charge on any atom is 0.410 e. The highest BCUT2D eigenvalue weighted by molar-refractivity contribution is 5.98. The highest BCUT2D eigenvalue weighted by atomic mass is 16.6. The van der Waals surface area contributed by atoms with E-state index in [2.05, 4.69) is 45.0 Å². The third-order valence-corrected chi connectivity index (χ3v) is 8.30. The number of nitrogens with one attached hydrogen (secondary N) is 2. The molecule has 10 nitrogen and oxygen atoms in total. The van der Waals surface area contributed by atoms with Gasteiger partial charge in [0.1, 0.15) is 5.60 Å². The third kappa shape index (κ3) is 7.27. The molecular weight excluding hydrogens is 532 g/mol. The molecule has 2 amide bonds. The van der Waals surface area contributed by atoms with Crippen molar-refractivity contribution < 1.29 is 14.3 Å². The van der Waals surface area contributed by atoms with Gasteiger partial charge >= 0.3 is 6.09 Å². The van der Waals surface area contributed by atoms with E-state index in [0.29, 0.717) is 24.2 Å². The zero-order valence-corrected chi connectivity index (χ0v) is 26.6. The Kier molecular flexibility index (Phi) is 9.55. The summed E-state index contributed by atoms with van der Waals surface area (Å²) in [5.41, 5.74) is 4.99. The third-order valence-electron chi connectivity index (χ3n) is 8.30. The first-order valence-electron chi connectivity index (χ1n) is 15.1. The lowest BCUT2D eigenvalue weighted by Gasteiger charge is -2.37. The number of piperazine rings is 1. The number of ether oxygens (including phenoxy) is 1. The Morgan fingerprint density at radius 1 is 1.07 bits per heavy atom. The first-order valence-corrected chi connectivity index (χ1v) is 15.1. The van der Waals surface area contributed by atoms with Crippen molar-refractivity contribution in [3.05, 3.63) is 56.5 Å². The minimum atomic E-state index is -0.544. The monoisotopic (exact) mass is 580 g/mol. The molecule has 1 unspecified atom stereocenters. The molecule has 1 aromatic heterocycles. The molecular formula is C32H48N6O4. The van der Waals surface area contributed by atoms with E-state index in [0.717, 1.165) is 67.3 Å². The highest BCUT2D eigenvalue weighted by Gasteiger charge is 2.34. The number of carbonyl (C=O) groups excluding carboxylic acids is 2. The maximum absolute atomic E-state index is 13.7. The number of pyridine rings is 1. The van der Waals surface area contributed by atoms with E-state index in [1.165, 1.54) is 0 Å². The number of likely N-dealkylation sites (tertiary alicyclic amines) is 1. The summed E-state index contributed by atoms with van der Waals surface area (Å²) >= 11 is 0. The largest absolute Gasteiger partial charge is 0.444 e. The van der Waals surface area contributed by atoms with Crippen molar-refractivity contribution in [1.29, 1.82) is 0 Å². The molecule has 2 N–H and O–H groups in total. The molecule has 42 heavy (non-hydrogen) atoms. The molecule has 2 fully saturated rings. The van der Waals surface area contributed by atoms with Gasteiger partial charge in [-0.3, -0.25) is 9.59 Å². The lowest BCUT2D eigenvalue weighted by atomic mass is 10.0.